The van der Waals surface area contributed by atoms with Crippen LogP contribution in [0.3, 0.4) is 0 Å². The first-order chi connectivity index (χ1) is 9.75. The minimum atomic E-state index is 0.773. The Labute approximate surface area is 126 Å². The second-order valence-electron chi connectivity index (χ2n) is 4.80. The first-order valence-corrected chi connectivity index (χ1v) is 7.23. The maximum absolute atomic E-state index is 5.41. The van der Waals surface area contributed by atoms with Crippen LogP contribution in [0.5, 0.6) is 0 Å². The second-order valence-corrected chi connectivity index (χ2v) is 5.19. The molecular formula is C17H20N2S. The molecule has 20 heavy (non-hydrogen) atoms. The maximum Gasteiger partial charge on any atom is 0.168 e. The van der Waals surface area contributed by atoms with Crippen LogP contribution in [0.4, 0.5) is 0 Å². The van der Waals surface area contributed by atoms with E-state index in [-0.39, 0.29) is 0 Å². The summed E-state index contributed by atoms with van der Waals surface area (Å²) in [5.41, 5.74) is 2.58. The molecule has 0 unspecified atom stereocenters. The fraction of sp³-hybridized carbons (Fsp3) is 0.235. The van der Waals surface area contributed by atoms with E-state index >= 15 is 0 Å². The zero-order valence-electron chi connectivity index (χ0n) is 11.8. The van der Waals surface area contributed by atoms with Crippen molar-refractivity contribution in [1.82, 2.24) is 10.2 Å². The quantitative estimate of drug-likeness (QED) is 0.849. The molecule has 0 aromatic heterocycles. The number of hydrogen-bond acceptors (Lipinski definition) is 1. The molecule has 104 valence electrons. The van der Waals surface area contributed by atoms with Crippen LogP contribution in [-0.4, -0.2) is 23.6 Å². The Morgan fingerprint density at radius 2 is 1.50 bits per heavy atom. The van der Waals surface area contributed by atoms with Crippen LogP contribution in [-0.2, 0) is 13.0 Å². The SMILES string of the molecule is CN(CCc1ccccc1)C(=S)NCc1ccccc1. The topological polar surface area (TPSA) is 15.3 Å². The first-order valence-electron chi connectivity index (χ1n) is 6.82. The summed E-state index contributed by atoms with van der Waals surface area (Å²) >= 11 is 5.41. The Morgan fingerprint density at radius 1 is 0.950 bits per heavy atom. The molecule has 0 radical (unpaired) electrons. The Kier molecular flexibility index (Phi) is 5.56. The highest BCUT2D eigenvalue weighted by atomic mass is 32.1. The lowest BCUT2D eigenvalue weighted by molar-refractivity contribution is 0.496. The van der Waals surface area contributed by atoms with Gasteiger partial charge in [0, 0.05) is 20.1 Å². The van der Waals surface area contributed by atoms with E-state index in [2.05, 4.69) is 46.6 Å². The lowest BCUT2D eigenvalue weighted by Crippen LogP contribution is -2.37. The molecule has 3 heteroatoms. The molecule has 2 rings (SSSR count). The predicted octanol–water partition coefficient (Wildman–Crippen LogP) is 3.24. The van der Waals surface area contributed by atoms with Crippen molar-refractivity contribution in [2.24, 2.45) is 0 Å². The van der Waals surface area contributed by atoms with Crippen molar-refractivity contribution in [3.05, 3.63) is 71.8 Å². The van der Waals surface area contributed by atoms with Gasteiger partial charge in [-0.1, -0.05) is 60.7 Å². The summed E-state index contributed by atoms with van der Waals surface area (Å²) in [6.07, 6.45) is 1.00. The highest BCUT2D eigenvalue weighted by molar-refractivity contribution is 7.80. The van der Waals surface area contributed by atoms with Crippen LogP contribution in [0.2, 0.25) is 0 Å². The summed E-state index contributed by atoms with van der Waals surface area (Å²) < 4.78 is 0. The number of benzene rings is 2. The molecular weight excluding hydrogens is 264 g/mol. The van der Waals surface area contributed by atoms with Gasteiger partial charge < -0.3 is 10.2 Å². The third-order valence-corrected chi connectivity index (χ3v) is 3.67. The van der Waals surface area contributed by atoms with Gasteiger partial charge in [0.25, 0.3) is 0 Å². The maximum atomic E-state index is 5.41. The molecule has 1 N–H and O–H groups in total. The number of hydrogen-bond donors (Lipinski definition) is 1. The van der Waals surface area contributed by atoms with Gasteiger partial charge in [-0.3, -0.25) is 0 Å². The van der Waals surface area contributed by atoms with Crippen molar-refractivity contribution in [1.29, 1.82) is 0 Å². The van der Waals surface area contributed by atoms with Gasteiger partial charge in [0.2, 0.25) is 0 Å². The summed E-state index contributed by atoms with van der Waals surface area (Å²) in [4.78, 5) is 2.09. The minimum absolute atomic E-state index is 0.773. The van der Waals surface area contributed by atoms with E-state index in [1.165, 1.54) is 11.1 Å². The summed E-state index contributed by atoms with van der Waals surface area (Å²) in [7, 11) is 2.03. The molecule has 0 heterocycles. The average molecular weight is 284 g/mol. The molecule has 2 aromatic rings. The minimum Gasteiger partial charge on any atom is -0.358 e. The molecule has 0 bridgehead atoms. The van der Waals surface area contributed by atoms with Gasteiger partial charge in [-0.2, -0.15) is 0 Å². The lowest BCUT2D eigenvalue weighted by Gasteiger charge is -2.21. The summed E-state index contributed by atoms with van der Waals surface area (Å²) in [5.74, 6) is 0. The van der Waals surface area contributed by atoms with Crippen LogP contribution < -0.4 is 5.32 Å². The van der Waals surface area contributed by atoms with Crippen molar-refractivity contribution in [2.75, 3.05) is 13.6 Å². The van der Waals surface area contributed by atoms with E-state index in [0.717, 1.165) is 24.6 Å². The Morgan fingerprint density at radius 3 is 2.10 bits per heavy atom. The average Bonchev–Trinajstić information content (AvgIpc) is 2.52. The number of thiocarbonyl (C=S) groups is 1. The molecule has 0 saturated carbocycles. The normalized spacial score (nSPS) is 10.1. The zero-order chi connectivity index (χ0) is 14.2. The fourth-order valence-electron chi connectivity index (χ4n) is 1.95. The molecule has 0 spiro atoms. The number of nitrogens with zero attached hydrogens (tertiary/aromatic N) is 1. The molecule has 0 atom stereocenters. The van der Waals surface area contributed by atoms with Gasteiger partial charge in [-0.15, -0.1) is 0 Å². The molecule has 0 saturated heterocycles. The first kappa shape index (κ1) is 14.5. The molecule has 0 amide bonds. The van der Waals surface area contributed by atoms with Crippen molar-refractivity contribution in [2.45, 2.75) is 13.0 Å². The van der Waals surface area contributed by atoms with E-state index in [1.54, 1.807) is 0 Å². The fourth-order valence-corrected chi connectivity index (χ4v) is 2.11. The molecule has 0 aliphatic heterocycles. The van der Waals surface area contributed by atoms with Crippen molar-refractivity contribution in [3.8, 4) is 0 Å². The Balaban J connectivity index is 1.75. The third-order valence-electron chi connectivity index (χ3n) is 3.21. The smallest absolute Gasteiger partial charge is 0.168 e. The number of likely N-dealkylation sites (N-methyl/N-ethyl adjacent to an activating group) is 1. The van der Waals surface area contributed by atoms with Crippen molar-refractivity contribution >= 4 is 17.3 Å². The lowest BCUT2D eigenvalue weighted by atomic mass is 10.1. The molecule has 2 nitrogen and oxygen atoms in total. The Bertz CT molecular complexity index is 525. The van der Waals surface area contributed by atoms with Crippen molar-refractivity contribution < 1.29 is 0 Å². The highest BCUT2D eigenvalue weighted by Gasteiger charge is 2.04. The monoisotopic (exact) mass is 284 g/mol. The Hall–Kier alpha value is -1.87. The third kappa shape index (κ3) is 4.67. The summed E-state index contributed by atoms with van der Waals surface area (Å²) in [6, 6.07) is 20.8. The summed E-state index contributed by atoms with van der Waals surface area (Å²) in [5, 5.41) is 4.09. The van der Waals surface area contributed by atoms with E-state index in [0.29, 0.717) is 0 Å². The van der Waals surface area contributed by atoms with E-state index < -0.39 is 0 Å². The second kappa shape index (κ2) is 7.65. The molecule has 0 fully saturated rings. The number of rotatable bonds is 5. The van der Waals surface area contributed by atoms with Gasteiger partial charge in [-0.25, -0.2) is 0 Å². The van der Waals surface area contributed by atoms with Gasteiger partial charge in [0.15, 0.2) is 5.11 Å². The molecule has 0 aliphatic rings. The van der Waals surface area contributed by atoms with Gasteiger partial charge in [0.05, 0.1) is 0 Å². The van der Waals surface area contributed by atoms with Crippen LogP contribution in [0.15, 0.2) is 60.7 Å². The van der Waals surface area contributed by atoms with Gasteiger partial charge >= 0.3 is 0 Å². The largest absolute Gasteiger partial charge is 0.358 e. The molecule has 2 aromatic carbocycles. The van der Waals surface area contributed by atoms with Gasteiger partial charge in [0.1, 0.15) is 0 Å². The van der Waals surface area contributed by atoms with E-state index in [4.69, 9.17) is 12.2 Å². The van der Waals surface area contributed by atoms with Gasteiger partial charge in [-0.05, 0) is 29.8 Å². The van der Waals surface area contributed by atoms with Crippen LogP contribution in [0.1, 0.15) is 11.1 Å². The molecule has 0 aliphatic carbocycles. The van der Waals surface area contributed by atoms with E-state index in [1.807, 2.05) is 31.3 Å². The van der Waals surface area contributed by atoms with Crippen molar-refractivity contribution in [3.63, 3.8) is 0 Å². The summed E-state index contributed by atoms with van der Waals surface area (Å²) in [6.45, 7) is 1.69. The van der Waals surface area contributed by atoms with E-state index in [9.17, 15) is 0 Å². The number of nitrogens with one attached hydrogen (secondary N) is 1. The predicted molar refractivity (Wildman–Crippen MR) is 88.7 cm³/mol. The van der Waals surface area contributed by atoms with Crippen LogP contribution in [0, 0.1) is 0 Å². The van der Waals surface area contributed by atoms with Crippen LogP contribution >= 0.6 is 12.2 Å². The zero-order valence-corrected chi connectivity index (χ0v) is 12.6. The standard InChI is InChI=1S/C17H20N2S/c1-19(13-12-15-8-4-2-5-9-15)17(20)18-14-16-10-6-3-7-11-16/h2-11H,12-14H2,1H3,(H,18,20). The van der Waals surface area contributed by atoms with Crippen LogP contribution in [0.25, 0.3) is 0 Å². The highest BCUT2D eigenvalue weighted by Crippen LogP contribution is 2.02.